The lowest BCUT2D eigenvalue weighted by Gasteiger charge is -2.03. The van der Waals surface area contributed by atoms with E-state index in [0.717, 1.165) is 21.5 Å². The Morgan fingerprint density at radius 1 is 1.06 bits per heavy atom. The number of fused-ring (bicyclic) bond motifs is 5. The fraction of sp³-hybridized carbons (Fsp3) is 0. The molecule has 4 heteroatoms. The summed E-state index contributed by atoms with van der Waals surface area (Å²) in [6.07, 6.45) is 1.67. The van der Waals surface area contributed by atoms with Crippen LogP contribution in [0.25, 0.3) is 32.6 Å². The molecule has 0 radical (unpaired) electrons. The van der Waals surface area contributed by atoms with Crippen LogP contribution in [0, 0.1) is 0 Å². The van der Waals surface area contributed by atoms with E-state index in [1.807, 2.05) is 36.4 Å². The van der Waals surface area contributed by atoms with E-state index in [2.05, 4.69) is 10.2 Å². The highest BCUT2D eigenvalue weighted by Crippen LogP contribution is 2.29. The monoisotopic (exact) mass is 236 g/mol. The molecule has 0 spiro atoms. The molecule has 0 bridgehead atoms. The molecule has 4 rings (SSSR count). The molecular weight excluding hydrogens is 228 g/mol. The van der Waals surface area contributed by atoms with E-state index in [1.54, 1.807) is 6.20 Å². The predicted molar refractivity (Wildman–Crippen MR) is 69.6 cm³/mol. The van der Waals surface area contributed by atoms with Crippen molar-refractivity contribution in [2.45, 2.75) is 0 Å². The number of aromatic amines is 1. The van der Waals surface area contributed by atoms with E-state index < -0.39 is 0 Å². The van der Waals surface area contributed by atoms with Gasteiger partial charge in [-0.15, -0.1) is 0 Å². The van der Waals surface area contributed by atoms with Crippen LogP contribution >= 0.6 is 0 Å². The van der Waals surface area contributed by atoms with Crippen molar-refractivity contribution in [2.24, 2.45) is 0 Å². The number of hydrogen-bond acceptors (Lipinski definition) is 3. The first-order chi connectivity index (χ1) is 8.84. The average molecular weight is 236 g/mol. The van der Waals surface area contributed by atoms with Crippen molar-refractivity contribution in [3.8, 4) is 0 Å². The summed E-state index contributed by atoms with van der Waals surface area (Å²) < 4.78 is 5.31. The summed E-state index contributed by atoms with van der Waals surface area (Å²) in [4.78, 5) is 11.8. The third-order valence-electron chi connectivity index (χ3n) is 3.21. The lowest BCUT2D eigenvalue weighted by atomic mass is 10.0. The molecule has 18 heavy (non-hydrogen) atoms. The molecule has 0 atom stereocenters. The number of nitrogens with one attached hydrogen (secondary N) is 1. The van der Waals surface area contributed by atoms with Gasteiger partial charge in [-0.2, -0.15) is 5.10 Å². The standard InChI is InChI=1S/C14H8N2O2/c17-14-13-10(7-15-16-13)12-9-4-2-1-3-8(9)5-6-11(12)18-14/h1-7H,(H,15,16). The summed E-state index contributed by atoms with van der Waals surface area (Å²) in [5.74, 6) is 0. The molecule has 2 aromatic heterocycles. The van der Waals surface area contributed by atoms with E-state index in [4.69, 9.17) is 4.42 Å². The predicted octanol–water partition coefficient (Wildman–Crippen LogP) is 2.82. The molecule has 2 aromatic carbocycles. The fourth-order valence-corrected chi connectivity index (χ4v) is 2.40. The van der Waals surface area contributed by atoms with E-state index in [1.165, 1.54) is 0 Å². The molecule has 4 aromatic rings. The van der Waals surface area contributed by atoms with Crippen LogP contribution < -0.4 is 5.63 Å². The van der Waals surface area contributed by atoms with Crippen LogP contribution in [-0.4, -0.2) is 10.2 Å². The Morgan fingerprint density at radius 3 is 2.89 bits per heavy atom. The van der Waals surface area contributed by atoms with Gasteiger partial charge in [-0.3, -0.25) is 5.10 Å². The molecule has 0 saturated heterocycles. The van der Waals surface area contributed by atoms with Crippen LogP contribution in [0.2, 0.25) is 0 Å². The maximum Gasteiger partial charge on any atom is 0.362 e. The van der Waals surface area contributed by atoms with E-state index >= 15 is 0 Å². The number of rotatable bonds is 0. The zero-order chi connectivity index (χ0) is 12.1. The SMILES string of the molecule is O=c1oc2ccc3ccccc3c2c2cn[nH]c12. The summed E-state index contributed by atoms with van der Waals surface area (Å²) in [7, 11) is 0. The van der Waals surface area contributed by atoms with Gasteiger partial charge < -0.3 is 4.42 Å². The summed E-state index contributed by atoms with van der Waals surface area (Å²) >= 11 is 0. The van der Waals surface area contributed by atoms with Gasteiger partial charge in [-0.05, 0) is 16.8 Å². The second-order valence-electron chi connectivity index (χ2n) is 4.21. The van der Waals surface area contributed by atoms with E-state index in [9.17, 15) is 4.79 Å². The molecule has 0 saturated carbocycles. The summed E-state index contributed by atoms with van der Waals surface area (Å²) in [5.41, 5.74) is 0.622. The minimum Gasteiger partial charge on any atom is -0.421 e. The molecule has 86 valence electrons. The minimum absolute atomic E-state index is 0.384. The van der Waals surface area contributed by atoms with Crippen LogP contribution in [0.5, 0.6) is 0 Å². The maximum atomic E-state index is 11.8. The first kappa shape index (κ1) is 9.41. The van der Waals surface area contributed by atoms with Crippen molar-refractivity contribution in [2.75, 3.05) is 0 Å². The Bertz CT molecular complexity index is 950. The van der Waals surface area contributed by atoms with Crippen LogP contribution in [0.3, 0.4) is 0 Å². The van der Waals surface area contributed by atoms with Crippen molar-refractivity contribution >= 4 is 32.6 Å². The van der Waals surface area contributed by atoms with Gasteiger partial charge in [-0.1, -0.05) is 30.3 Å². The molecule has 0 fully saturated rings. The summed E-state index contributed by atoms with van der Waals surface area (Å²) in [5, 5.41) is 10.5. The van der Waals surface area contributed by atoms with Crippen molar-refractivity contribution in [3.05, 3.63) is 53.0 Å². The molecule has 4 nitrogen and oxygen atoms in total. The molecule has 1 N–H and O–H groups in total. The molecule has 0 aliphatic carbocycles. The van der Waals surface area contributed by atoms with Crippen molar-refractivity contribution in [3.63, 3.8) is 0 Å². The Kier molecular flexibility index (Phi) is 1.67. The van der Waals surface area contributed by atoms with Gasteiger partial charge in [0.25, 0.3) is 0 Å². The van der Waals surface area contributed by atoms with Crippen molar-refractivity contribution < 1.29 is 4.42 Å². The molecular formula is C14H8N2O2. The number of nitrogens with zero attached hydrogens (tertiary/aromatic N) is 1. The number of benzene rings is 2. The molecule has 2 heterocycles. The van der Waals surface area contributed by atoms with Crippen LogP contribution in [0.1, 0.15) is 0 Å². The number of H-pyrrole nitrogens is 1. The molecule has 0 unspecified atom stereocenters. The zero-order valence-electron chi connectivity index (χ0n) is 9.31. The van der Waals surface area contributed by atoms with Gasteiger partial charge in [0.2, 0.25) is 0 Å². The van der Waals surface area contributed by atoms with Crippen molar-refractivity contribution in [1.29, 1.82) is 0 Å². The molecule has 0 amide bonds. The first-order valence-electron chi connectivity index (χ1n) is 5.62. The third-order valence-corrected chi connectivity index (χ3v) is 3.21. The highest BCUT2D eigenvalue weighted by molar-refractivity contribution is 6.17. The van der Waals surface area contributed by atoms with Gasteiger partial charge in [-0.25, -0.2) is 4.79 Å². The van der Waals surface area contributed by atoms with Crippen LogP contribution in [0.15, 0.2) is 51.8 Å². The van der Waals surface area contributed by atoms with Gasteiger partial charge in [0.05, 0.1) is 6.20 Å². The number of aromatic nitrogens is 2. The Hall–Kier alpha value is -2.62. The largest absolute Gasteiger partial charge is 0.421 e. The Morgan fingerprint density at radius 2 is 1.94 bits per heavy atom. The molecule has 0 aliphatic rings. The Balaban J connectivity index is 2.44. The van der Waals surface area contributed by atoms with E-state index in [-0.39, 0.29) is 5.63 Å². The van der Waals surface area contributed by atoms with Crippen LogP contribution in [0.4, 0.5) is 0 Å². The highest BCUT2D eigenvalue weighted by Gasteiger charge is 2.11. The summed E-state index contributed by atoms with van der Waals surface area (Å²) in [6.45, 7) is 0. The second-order valence-corrected chi connectivity index (χ2v) is 4.21. The minimum atomic E-state index is -0.384. The third kappa shape index (κ3) is 1.09. The smallest absolute Gasteiger partial charge is 0.362 e. The normalized spacial score (nSPS) is 11.6. The zero-order valence-corrected chi connectivity index (χ0v) is 9.31. The van der Waals surface area contributed by atoms with Gasteiger partial charge >= 0.3 is 5.63 Å². The second kappa shape index (κ2) is 3.20. The quantitative estimate of drug-likeness (QED) is 0.377. The van der Waals surface area contributed by atoms with Gasteiger partial charge in [0.1, 0.15) is 5.58 Å². The maximum absolute atomic E-state index is 11.8. The fourth-order valence-electron chi connectivity index (χ4n) is 2.40. The summed E-state index contributed by atoms with van der Waals surface area (Å²) in [6, 6.07) is 11.8. The topological polar surface area (TPSA) is 58.9 Å². The van der Waals surface area contributed by atoms with Gasteiger partial charge in [0.15, 0.2) is 5.52 Å². The van der Waals surface area contributed by atoms with Gasteiger partial charge in [0, 0.05) is 10.8 Å². The van der Waals surface area contributed by atoms with E-state index in [0.29, 0.717) is 11.1 Å². The average Bonchev–Trinajstić information content (AvgIpc) is 2.88. The lowest BCUT2D eigenvalue weighted by Crippen LogP contribution is -1.99. The van der Waals surface area contributed by atoms with Crippen LogP contribution in [-0.2, 0) is 0 Å². The highest BCUT2D eigenvalue weighted by atomic mass is 16.4. The number of hydrogen-bond donors (Lipinski definition) is 1. The first-order valence-corrected chi connectivity index (χ1v) is 5.62. The van der Waals surface area contributed by atoms with Crippen molar-refractivity contribution in [1.82, 2.24) is 10.2 Å². The lowest BCUT2D eigenvalue weighted by molar-refractivity contribution is 0.568. The Labute approximate surface area is 101 Å². The molecule has 0 aliphatic heterocycles.